The minimum Gasteiger partial charge on any atom is -1.00 e. The lowest BCUT2D eigenvalue weighted by Crippen LogP contribution is -3.00. The predicted molar refractivity (Wildman–Crippen MR) is 101 cm³/mol. The lowest BCUT2D eigenvalue weighted by Gasteiger charge is -2.22. The van der Waals surface area contributed by atoms with Gasteiger partial charge in [-0.25, -0.2) is 0 Å². The lowest BCUT2D eigenvalue weighted by atomic mass is 10.1. The van der Waals surface area contributed by atoms with Gasteiger partial charge in [0.2, 0.25) is 0 Å². The van der Waals surface area contributed by atoms with Gasteiger partial charge in [0.05, 0.1) is 21.1 Å². The third-order valence-electron chi connectivity index (χ3n) is 3.94. The highest BCUT2D eigenvalue weighted by Gasteiger charge is 2.06. The molecule has 0 N–H and O–H groups in total. The summed E-state index contributed by atoms with van der Waals surface area (Å²) >= 11 is 6.22. The standard InChI is InChI=1S/C20H22ClN2O.HI/c1-23(2,3)12-13-24-22-20-18-7-5-4-6-15(18)8-9-16-10-11-17(21)14-19(16)20;/h4-11,14H,12-13H2,1-3H3;1H/q+1;/p-1/b22-20-;. The Morgan fingerprint density at radius 1 is 0.920 bits per heavy atom. The minimum atomic E-state index is 0. The third-order valence-corrected chi connectivity index (χ3v) is 4.17. The van der Waals surface area contributed by atoms with E-state index in [-0.39, 0.29) is 24.0 Å². The molecule has 25 heavy (non-hydrogen) atoms. The lowest BCUT2D eigenvalue weighted by molar-refractivity contribution is -0.870. The Kier molecular flexibility index (Phi) is 6.65. The number of quaternary nitrogens is 1. The number of fused-ring (bicyclic) bond motifs is 2. The van der Waals surface area contributed by atoms with E-state index in [0.29, 0.717) is 11.6 Å². The van der Waals surface area contributed by atoms with Crippen molar-refractivity contribution in [3.63, 3.8) is 0 Å². The normalized spacial score (nSPS) is 12.2. The molecule has 0 heterocycles. The molecule has 0 saturated heterocycles. The molecule has 0 spiro atoms. The molecule has 0 aliphatic heterocycles. The van der Waals surface area contributed by atoms with E-state index < -0.39 is 0 Å². The van der Waals surface area contributed by atoms with E-state index in [1.165, 1.54) is 0 Å². The summed E-state index contributed by atoms with van der Waals surface area (Å²) in [6.45, 7) is 1.46. The molecule has 0 bridgehead atoms. The Hall–Kier alpha value is -1.37. The maximum Gasteiger partial charge on any atom is 0.165 e. The first-order valence-corrected chi connectivity index (χ1v) is 8.40. The summed E-state index contributed by atoms with van der Waals surface area (Å²) in [7, 11) is 6.41. The molecule has 0 aromatic heterocycles. The van der Waals surface area contributed by atoms with Crippen LogP contribution >= 0.6 is 11.6 Å². The van der Waals surface area contributed by atoms with Crippen molar-refractivity contribution in [2.24, 2.45) is 5.16 Å². The quantitative estimate of drug-likeness (QED) is 0.244. The van der Waals surface area contributed by atoms with Crippen molar-refractivity contribution in [1.29, 1.82) is 0 Å². The highest BCUT2D eigenvalue weighted by Crippen LogP contribution is 2.19. The van der Waals surface area contributed by atoms with Gasteiger partial charge >= 0.3 is 0 Å². The molecule has 0 radical (unpaired) electrons. The van der Waals surface area contributed by atoms with Crippen LogP contribution in [0.3, 0.4) is 0 Å². The number of rotatable bonds is 4. The Labute approximate surface area is 170 Å². The fourth-order valence-electron chi connectivity index (χ4n) is 2.58. The Morgan fingerprint density at radius 2 is 1.56 bits per heavy atom. The van der Waals surface area contributed by atoms with Crippen LogP contribution in [0.25, 0.3) is 21.5 Å². The summed E-state index contributed by atoms with van der Waals surface area (Å²) in [6.07, 6.45) is 0. The van der Waals surface area contributed by atoms with Crippen molar-refractivity contribution < 1.29 is 33.3 Å². The maximum atomic E-state index is 6.22. The van der Waals surface area contributed by atoms with E-state index in [4.69, 9.17) is 16.4 Å². The second-order valence-corrected chi connectivity index (χ2v) is 7.38. The van der Waals surface area contributed by atoms with Gasteiger partial charge in [-0.1, -0.05) is 59.2 Å². The van der Waals surface area contributed by atoms with Crippen LogP contribution in [0.5, 0.6) is 0 Å². The van der Waals surface area contributed by atoms with Gasteiger partial charge in [-0.2, -0.15) is 0 Å². The first-order valence-electron chi connectivity index (χ1n) is 8.02. The van der Waals surface area contributed by atoms with E-state index in [1.54, 1.807) is 0 Å². The molecule has 3 aromatic carbocycles. The van der Waals surface area contributed by atoms with Gasteiger partial charge in [-0.15, -0.1) is 0 Å². The SMILES string of the molecule is C[N+](C)(C)CCO/N=c1/c2ccccc2ccc2ccc(Cl)cc12.[I-]. The van der Waals surface area contributed by atoms with Crippen LogP contribution in [-0.2, 0) is 4.84 Å². The van der Waals surface area contributed by atoms with Gasteiger partial charge < -0.3 is 33.3 Å². The fourth-order valence-corrected chi connectivity index (χ4v) is 2.76. The maximum absolute atomic E-state index is 6.22. The molecule has 0 fully saturated rings. The summed E-state index contributed by atoms with van der Waals surface area (Å²) in [6, 6.07) is 18.3. The summed E-state index contributed by atoms with van der Waals surface area (Å²) < 4.78 is 0.839. The average Bonchev–Trinajstić information content (AvgIpc) is 2.68. The zero-order valence-electron chi connectivity index (χ0n) is 14.7. The summed E-state index contributed by atoms with van der Waals surface area (Å²) in [5.74, 6) is 0. The average molecular weight is 469 g/mol. The number of nitrogens with zero attached hydrogens (tertiary/aromatic N) is 2. The number of hydrogen-bond donors (Lipinski definition) is 0. The molecule has 0 saturated carbocycles. The van der Waals surface area contributed by atoms with Crippen LogP contribution in [0, 0.1) is 0 Å². The van der Waals surface area contributed by atoms with E-state index in [0.717, 1.165) is 37.9 Å². The number of benzene rings is 2. The van der Waals surface area contributed by atoms with Crippen LogP contribution in [-0.4, -0.2) is 38.8 Å². The number of likely N-dealkylation sites (N-methyl/N-ethyl adjacent to an activating group) is 1. The second kappa shape index (κ2) is 8.34. The zero-order chi connectivity index (χ0) is 17.2. The van der Waals surface area contributed by atoms with Gasteiger partial charge in [0.25, 0.3) is 0 Å². The molecular weight excluding hydrogens is 447 g/mol. The van der Waals surface area contributed by atoms with Gasteiger partial charge in [0, 0.05) is 15.8 Å². The van der Waals surface area contributed by atoms with E-state index >= 15 is 0 Å². The number of hydrogen-bond acceptors (Lipinski definition) is 2. The molecule has 0 aliphatic rings. The van der Waals surface area contributed by atoms with Crippen molar-refractivity contribution in [3.8, 4) is 0 Å². The summed E-state index contributed by atoms with van der Waals surface area (Å²) in [5.41, 5.74) is 0. The first-order chi connectivity index (χ1) is 11.4. The van der Waals surface area contributed by atoms with Crippen molar-refractivity contribution >= 4 is 33.1 Å². The molecule has 3 aromatic rings. The van der Waals surface area contributed by atoms with Crippen molar-refractivity contribution in [2.45, 2.75) is 0 Å². The molecule has 3 nitrogen and oxygen atoms in total. The molecule has 0 atom stereocenters. The van der Waals surface area contributed by atoms with Crippen molar-refractivity contribution in [1.82, 2.24) is 0 Å². The Bertz CT molecular complexity index is 951. The van der Waals surface area contributed by atoms with Gasteiger partial charge in [0.15, 0.2) is 6.61 Å². The van der Waals surface area contributed by atoms with Gasteiger partial charge in [-0.05, 0) is 22.9 Å². The topological polar surface area (TPSA) is 21.6 Å². The van der Waals surface area contributed by atoms with Gasteiger partial charge in [-0.3, -0.25) is 0 Å². The van der Waals surface area contributed by atoms with Crippen LogP contribution in [0.15, 0.2) is 59.8 Å². The molecule has 0 aliphatic carbocycles. The zero-order valence-corrected chi connectivity index (χ0v) is 17.6. The molecule has 132 valence electrons. The molecule has 0 unspecified atom stereocenters. The highest BCUT2D eigenvalue weighted by atomic mass is 127. The van der Waals surface area contributed by atoms with Crippen LogP contribution in [0.1, 0.15) is 0 Å². The molecule has 0 amide bonds. The Balaban J connectivity index is 0.00000225. The van der Waals surface area contributed by atoms with E-state index in [2.05, 4.69) is 50.6 Å². The van der Waals surface area contributed by atoms with E-state index in [1.807, 2.05) is 30.3 Å². The predicted octanol–water partition coefficient (Wildman–Crippen LogP) is 1.19. The molecule has 3 rings (SSSR count). The van der Waals surface area contributed by atoms with Crippen LogP contribution < -0.4 is 29.3 Å². The first kappa shape index (κ1) is 19.9. The largest absolute Gasteiger partial charge is 1.00 e. The van der Waals surface area contributed by atoms with Crippen molar-refractivity contribution in [3.05, 3.63) is 65.0 Å². The van der Waals surface area contributed by atoms with E-state index in [9.17, 15) is 0 Å². The minimum absolute atomic E-state index is 0. The second-order valence-electron chi connectivity index (χ2n) is 6.94. The summed E-state index contributed by atoms with van der Waals surface area (Å²) in [4.78, 5) is 5.66. The Morgan fingerprint density at radius 3 is 2.28 bits per heavy atom. The highest BCUT2D eigenvalue weighted by molar-refractivity contribution is 6.31. The molecule has 5 heteroatoms. The molecular formula is C20H22ClIN2O. The van der Waals surface area contributed by atoms with Gasteiger partial charge in [0.1, 0.15) is 11.9 Å². The monoisotopic (exact) mass is 468 g/mol. The smallest absolute Gasteiger partial charge is 0.165 e. The summed E-state index contributed by atoms with van der Waals surface area (Å²) in [5, 5.41) is 10.3. The van der Waals surface area contributed by atoms with Crippen LogP contribution in [0.2, 0.25) is 5.02 Å². The van der Waals surface area contributed by atoms with Crippen molar-refractivity contribution in [2.75, 3.05) is 34.3 Å². The fraction of sp³-hybridized carbons (Fsp3) is 0.250. The van der Waals surface area contributed by atoms with Crippen LogP contribution in [0.4, 0.5) is 0 Å². The number of halogens is 2. The third kappa shape index (κ3) is 5.06.